The molecule has 0 fully saturated rings. The lowest BCUT2D eigenvalue weighted by Gasteiger charge is -2.10. The van der Waals surface area contributed by atoms with Gasteiger partial charge in [-0.15, -0.1) is 10.2 Å². The molecule has 0 aliphatic rings. The third-order valence-electron chi connectivity index (χ3n) is 4.42. The van der Waals surface area contributed by atoms with Crippen molar-refractivity contribution in [2.45, 2.75) is 33.1 Å². The molecule has 0 spiro atoms. The zero-order chi connectivity index (χ0) is 18.1. The number of fused-ring (bicyclic) bond motifs is 1. The van der Waals surface area contributed by atoms with Crippen molar-refractivity contribution < 1.29 is 0 Å². The lowest BCUT2D eigenvalue weighted by atomic mass is 9.97. The largest absolute Gasteiger partial charge is 0.264 e. The van der Waals surface area contributed by atoms with Gasteiger partial charge in [-0.25, -0.2) is 0 Å². The Balaban J connectivity index is 1.63. The van der Waals surface area contributed by atoms with Gasteiger partial charge in [0.2, 0.25) is 4.96 Å². The first-order valence-electron chi connectivity index (χ1n) is 8.83. The van der Waals surface area contributed by atoms with Crippen molar-refractivity contribution in [3.05, 3.63) is 64.9 Å². The van der Waals surface area contributed by atoms with Crippen LogP contribution in [-0.2, 0) is 6.42 Å². The predicted molar refractivity (Wildman–Crippen MR) is 104 cm³/mol. The van der Waals surface area contributed by atoms with Gasteiger partial charge in [0.05, 0.1) is 0 Å². The van der Waals surface area contributed by atoms with E-state index in [0.717, 1.165) is 27.8 Å². The van der Waals surface area contributed by atoms with E-state index in [-0.39, 0.29) is 5.92 Å². The Labute approximate surface area is 156 Å². The van der Waals surface area contributed by atoms with Gasteiger partial charge in [0.1, 0.15) is 5.01 Å². The first-order chi connectivity index (χ1) is 12.6. The van der Waals surface area contributed by atoms with Gasteiger partial charge in [-0.1, -0.05) is 56.4 Å². The minimum Gasteiger partial charge on any atom is -0.264 e. The Bertz CT molecular complexity index is 1000. The van der Waals surface area contributed by atoms with Crippen LogP contribution in [0.3, 0.4) is 0 Å². The van der Waals surface area contributed by atoms with Crippen molar-refractivity contribution in [3.63, 3.8) is 0 Å². The molecule has 5 nitrogen and oxygen atoms in total. The monoisotopic (exact) mass is 363 g/mol. The molecule has 0 unspecified atom stereocenters. The topological polar surface area (TPSA) is 56.0 Å². The van der Waals surface area contributed by atoms with Crippen molar-refractivity contribution in [1.29, 1.82) is 0 Å². The van der Waals surface area contributed by atoms with Crippen LogP contribution in [0.4, 0.5) is 0 Å². The summed E-state index contributed by atoms with van der Waals surface area (Å²) in [6.45, 7) is 6.68. The standard InChI is InChI=1S/C20H21N5S/c1-13(2)11-15-6-8-16(9-7-15)14(3)19-24-25-18(22-23-20(25)26-19)17-5-4-10-21-12-17/h4-10,12-14H,11H2,1-3H3/t14-/m1/s1. The zero-order valence-electron chi connectivity index (χ0n) is 15.1. The van der Waals surface area contributed by atoms with E-state index in [2.05, 4.69) is 60.2 Å². The van der Waals surface area contributed by atoms with Gasteiger partial charge in [0, 0.05) is 23.9 Å². The van der Waals surface area contributed by atoms with Gasteiger partial charge in [0.15, 0.2) is 5.82 Å². The summed E-state index contributed by atoms with van der Waals surface area (Å²) in [4.78, 5) is 4.97. The predicted octanol–water partition coefficient (Wildman–Crippen LogP) is 4.60. The van der Waals surface area contributed by atoms with Crippen LogP contribution in [0.5, 0.6) is 0 Å². The molecular weight excluding hydrogens is 342 g/mol. The fourth-order valence-corrected chi connectivity index (χ4v) is 3.96. The number of hydrogen-bond acceptors (Lipinski definition) is 5. The average Bonchev–Trinajstić information content (AvgIpc) is 3.22. The number of hydrogen-bond donors (Lipinski definition) is 0. The first-order valence-corrected chi connectivity index (χ1v) is 9.65. The summed E-state index contributed by atoms with van der Waals surface area (Å²) in [5, 5.41) is 14.4. The van der Waals surface area contributed by atoms with Crippen molar-refractivity contribution in [1.82, 2.24) is 24.8 Å². The molecule has 0 aliphatic carbocycles. The highest BCUT2D eigenvalue weighted by molar-refractivity contribution is 7.16. The van der Waals surface area contributed by atoms with Gasteiger partial charge < -0.3 is 0 Å². The second-order valence-corrected chi connectivity index (χ2v) is 7.95. The molecule has 3 heterocycles. The molecule has 0 saturated heterocycles. The summed E-state index contributed by atoms with van der Waals surface area (Å²) in [5.74, 6) is 1.62. The van der Waals surface area contributed by atoms with Crippen LogP contribution >= 0.6 is 11.3 Å². The normalized spacial score (nSPS) is 12.8. The fraction of sp³-hybridized carbons (Fsp3) is 0.300. The summed E-state index contributed by atoms with van der Waals surface area (Å²) >= 11 is 1.59. The molecule has 0 saturated carbocycles. The van der Waals surface area contributed by atoms with Crippen LogP contribution in [0.15, 0.2) is 48.8 Å². The average molecular weight is 363 g/mol. The Morgan fingerprint density at radius 2 is 1.85 bits per heavy atom. The minimum atomic E-state index is 0.219. The molecule has 0 bridgehead atoms. The maximum absolute atomic E-state index is 4.78. The van der Waals surface area contributed by atoms with Gasteiger partial charge in [0.25, 0.3) is 0 Å². The molecule has 132 valence electrons. The Hall–Kier alpha value is -2.60. The molecule has 1 atom stereocenters. The number of benzene rings is 1. The highest BCUT2D eigenvalue weighted by atomic mass is 32.1. The van der Waals surface area contributed by atoms with Crippen LogP contribution in [-0.4, -0.2) is 24.8 Å². The van der Waals surface area contributed by atoms with Gasteiger partial charge in [-0.05, 0) is 35.6 Å². The smallest absolute Gasteiger partial charge is 0.234 e. The number of nitrogens with zero attached hydrogens (tertiary/aromatic N) is 5. The van der Waals surface area contributed by atoms with Gasteiger partial charge in [-0.2, -0.15) is 9.61 Å². The SMILES string of the molecule is CC(C)Cc1ccc([C@@H](C)c2nn3c(-c4cccnc4)nnc3s2)cc1. The van der Waals surface area contributed by atoms with Crippen LogP contribution < -0.4 is 0 Å². The van der Waals surface area contributed by atoms with Crippen molar-refractivity contribution in [3.8, 4) is 11.4 Å². The van der Waals surface area contributed by atoms with Crippen LogP contribution in [0, 0.1) is 5.92 Å². The second kappa shape index (κ2) is 6.96. The van der Waals surface area contributed by atoms with E-state index in [9.17, 15) is 0 Å². The molecule has 0 N–H and O–H groups in total. The lowest BCUT2D eigenvalue weighted by molar-refractivity contribution is 0.647. The Morgan fingerprint density at radius 3 is 2.54 bits per heavy atom. The Morgan fingerprint density at radius 1 is 1.04 bits per heavy atom. The molecule has 3 aromatic heterocycles. The van der Waals surface area contributed by atoms with E-state index in [0.29, 0.717) is 5.92 Å². The third kappa shape index (κ3) is 3.24. The Kier molecular flexibility index (Phi) is 4.51. The van der Waals surface area contributed by atoms with E-state index in [1.54, 1.807) is 23.7 Å². The second-order valence-electron chi connectivity index (χ2n) is 6.96. The van der Waals surface area contributed by atoms with E-state index in [4.69, 9.17) is 5.10 Å². The van der Waals surface area contributed by atoms with Crippen molar-refractivity contribution in [2.24, 2.45) is 5.92 Å². The van der Waals surface area contributed by atoms with Crippen molar-refractivity contribution in [2.75, 3.05) is 0 Å². The molecule has 0 amide bonds. The molecule has 4 rings (SSSR count). The molecule has 1 aromatic carbocycles. The van der Waals surface area contributed by atoms with Gasteiger partial charge >= 0.3 is 0 Å². The molecule has 0 radical (unpaired) electrons. The van der Waals surface area contributed by atoms with Crippen molar-refractivity contribution >= 4 is 16.3 Å². The maximum atomic E-state index is 4.78. The van der Waals surface area contributed by atoms with E-state index < -0.39 is 0 Å². The molecule has 0 aliphatic heterocycles. The third-order valence-corrected chi connectivity index (χ3v) is 5.50. The summed E-state index contributed by atoms with van der Waals surface area (Å²) in [7, 11) is 0. The molecule has 4 aromatic rings. The number of rotatable bonds is 5. The van der Waals surface area contributed by atoms with Gasteiger partial charge in [-0.3, -0.25) is 4.98 Å². The zero-order valence-corrected chi connectivity index (χ0v) is 15.9. The summed E-state index contributed by atoms with van der Waals surface area (Å²) in [6.07, 6.45) is 4.64. The van der Waals surface area contributed by atoms with E-state index in [1.165, 1.54) is 11.1 Å². The first kappa shape index (κ1) is 16.8. The maximum Gasteiger partial charge on any atom is 0.234 e. The quantitative estimate of drug-likeness (QED) is 0.520. The molecule has 6 heteroatoms. The van der Waals surface area contributed by atoms with Crippen LogP contribution in [0.1, 0.15) is 42.8 Å². The summed E-state index contributed by atoms with van der Waals surface area (Å²) in [6, 6.07) is 12.8. The van der Waals surface area contributed by atoms with E-state index >= 15 is 0 Å². The summed E-state index contributed by atoms with van der Waals surface area (Å²) < 4.78 is 1.82. The number of aromatic nitrogens is 5. The fourth-order valence-electron chi connectivity index (χ4n) is 3.04. The highest BCUT2D eigenvalue weighted by Gasteiger charge is 2.18. The molecular formula is C20H21N5S. The van der Waals surface area contributed by atoms with E-state index in [1.807, 2.05) is 16.6 Å². The van der Waals surface area contributed by atoms with Crippen LogP contribution in [0.25, 0.3) is 16.3 Å². The van der Waals surface area contributed by atoms with Crippen LogP contribution in [0.2, 0.25) is 0 Å². The lowest BCUT2D eigenvalue weighted by Crippen LogP contribution is -1.99. The minimum absolute atomic E-state index is 0.219. The highest BCUT2D eigenvalue weighted by Crippen LogP contribution is 2.30. The number of pyridine rings is 1. The summed E-state index contributed by atoms with van der Waals surface area (Å²) in [5.41, 5.74) is 3.57. The molecule has 26 heavy (non-hydrogen) atoms.